The van der Waals surface area contributed by atoms with Gasteiger partial charge in [0.05, 0.1) is 5.69 Å². The number of rotatable bonds is 2. The van der Waals surface area contributed by atoms with Crippen molar-refractivity contribution in [2.75, 3.05) is 11.1 Å². The molecule has 0 unspecified atom stereocenters. The molecular formula is C14H14BrFN2. The summed E-state index contributed by atoms with van der Waals surface area (Å²) in [6, 6.07) is 8.48. The van der Waals surface area contributed by atoms with Crippen LogP contribution in [0.1, 0.15) is 11.1 Å². The van der Waals surface area contributed by atoms with Crippen LogP contribution in [0.3, 0.4) is 0 Å². The van der Waals surface area contributed by atoms with Crippen LogP contribution in [0.4, 0.5) is 21.5 Å². The van der Waals surface area contributed by atoms with Gasteiger partial charge in [0.15, 0.2) is 0 Å². The fourth-order valence-corrected chi connectivity index (χ4v) is 2.17. The van der Waals surface area contributed by atoms with Gasteiger partial charge in [-0.3, -0.25) is 0 Å². The van der Waals surface area contributed by atoms with Crippen LogP contribution in [-0.4, -0.2) is 0 Å². The number of hydrogen-bond donors (Lipinski definition) is 2. The lowest BCUT2D eigenvalue weighted by molar-refractivity contribution is 0.627. The van der Waals surface area contributed by atoms with Gasteiger partial charge in [-0.25, -0.2) is 4.39 Å². The maximum Gasteiger partial charge on any atom is 0.123 e. The number of anilines is 3. The summed E-state index contributed by atoms with van der Waals surface area (Å²) in [5, 5.41) is 3.27. The van der Waals surface area contributed by atoms with E-state index in [4.69, 9.17) is 5.73 Å². The number of hydrogen-bond acceptors (Lipinski definition) is 2. The zero-order valence-corrected chi connectivity index (χ0v) is 11.8. The van der Waals surface area contributed by atoms with Gasteiger partial charge in [0.2, 0.25) is 0 Å². The fraction of sp³-hybridized carbons (Fsp3) is 0.143. The van der Waals surface area contributed by atoms with Crippen molar-refractivity contribution in [2.45, 2.75) is 13.8 Å². The summed E-state index contributed by atoms with van der Waals surface area (Å²) >= 11 is 3.46. The maximum absolute atomic E-state index is 13.0. The lowest BCUT2D eigenvalue weighted by atomic mass is 10.1. The molecule has 0 saturated heterocycles. The summed E-state index contributed by atoms with van der Waals surface area (Å²) in [6.07, 6.45) is 0. The van der Waals surface area contributed by atoms with Crippen LogP contribution in [0.15, 0.2) is 34.8 Å². The van der Waals surface area contributed by atoms with Crippen molar-refractivity contribution < 1.29 is 4.39 Å². The predicted molar refractivity (Wildman–Crippen MR) is 77.7 cm³/mol. The Morgan fingerprint density at radius 3 is 2.44 bits per heavy atom. The van der Waals surface area contributed by atoms with Gasteiger partial charge in [0.25, 0.3) is 0 Å². The van der Waals surface area contributed by atoms with Crippen LogP contribution in [0.2, 0.25) is 0 Å². The Hall–Kier alpha value is -1.55. The molecule has 0 amide bonds. The summed E-state index contributed by atoms with van der Waals surface area (Å²) in [7, 11) is 0. The smallest absolute Gasteiger partial charge is 0.123 e. The third-order valence-corrected chi connectivity index (χ3v) is 3.47. The molecule has 2 aromatic rings. The lowest BCUT2D eigenvalue weighted by Gasteiger charge is -2.13. The number of nitrogens with two attached hydrogens (primary N) is 1. The van der Waals surface area contributed by atoms with Crippen LogP contribution in [0.25, 0.3) is 0 Å². The van der Waals surface area contributed by atoms with Crippen LogP contribution < -0.4 is 11.1 Å². The molecule has 0 bridgehead atoms. The molecule has 3 N–H and O–H groups in total. The van der Waals surface area contributed by atoms with E-state index in [1.54, 1.807) is 6.07 Å². The minimum atomic E-state index is -0.231. The Kier molecular flexibility index (Phi) is 3.57. The van der Waals surface area contributed by atoms with E-state index < -0.39 is 0 Å². The second kappa shape index (κ2) is 4.98. The van der Waals surface area contributed by atoms with E-state index in [1.807, 2.05) is 26.0 Å². The number of nitrogens with one attached hydrogen (secondary N) is 1. The highest BCUT2D eigenvalue weighted by Crippen LogP contribution is 2.31. The largest absolute Gasteiger partial charge is 0.398 e. The highest BCUT2D eigenvalue weighted by molar-refractivity contribution is 9.10. The number of benzene rings is 2. The molecule has 4 heteroatoms. The van der Waals surface area contributed by atoms with Gasteiger partial charge in [-0.15, -0.1) is 0 Å². The molecule has 0 saturated carbocycles. The summed E-state index contributed by atoms with van der Waals surface area (Å²) in [4.78, 5) is 0. The van der Waals surface area contributed by atoms with Gasteiger partial charge in [0, 0.05) is 15.8 Å². The number of nitrogen functional groups attached to an aromatic ring is 1. The first kappa shape index (κ1) is 12.9. The zero-order chi connectivity index (χ0) is 13.3. The van der Waals surface area contributed by atoms with Crippen molar-refractivity contribution in [3.63, 3.8) is 0 Å². The standard InChI is InChI=1S/C14H14BrFN2/c1-8-6-14(11(15)7-12(8)17)18-13-4-3-10(16)5-9(13)2/h3-7,18H,17H2,1-2H3. The quantitative estimate of drug-likeness (QED) is 0.800. The zero-order valence-electron chi connectivity index (χ0n) is 10.2. The molecule has 0 fully saturated rings. The van der Waals surface area contributed by atoms with Gasteiger partial charge in [-0.05, 0) is 71.2 Å². The first-order chi connectivity index (χ1) is 8.47. The average molecular weight is 309 g/mol. The van der Waals surface area contributed by atoms with Gasteiger partial charge < -0.3 is 11.1 Å². The minimum absolute atomic E-state index is 0.231. The van der Waals surface area contributed by atoms with Crippen molar-refractivity contribution in [3.05, 3.63) is 51.7 Å². The predicted octanol–water partition coefficient (Wildman–Crippen LogP) is 4.53. The number of halogens is 2. The van der Waals surface area contributed by atoms with Crippen LogP contribution in [0.5, 0.6) is 0 Å². The van der Waals surface area contributed by atoms with Gasteiger partial charge >= 0.3 is 0 Å². The van der Waals surface area contributed by atoms with Crippen molar-refractivity contribution in [1.82, 2.24) is 0 Å². The number of aryl methyl sites for hydroxylation is 2. The monoisotopic (exact) mass is 308 g/mol. The molecule has 0 atom stereocenters. The molecule has 2 nitrogen and oxygen atoms in total. The van der Waals surface area contributed by atoms with E-state index in [9.17, 15) is 4.39 Å². The summed E-state index contributed by atoms with van der Waals surface area (Å²) < 4.78 is 13.9. The first-order valence-electron chi connectivity index (χ1n) is 5.56. The second-order valence-electron chi connectivity index (χ2n) is 4.27. The van der Waals surface area contributed by atoms with Gasteiger partial charge in [-0.2, -0.15) is 0 Å². The summed E-state index contributed by atoms with van der Waals surface area (Å²) in [6.45, 7) is 3.81. The Morgan fingerprint density at radius 2 is 1.78 bits per heavy atom. The third kappa shape index (κ3) is 2.64. The SMILES string of the molecule is Cc1cc(Nc2ccc(F)cc2C)c(Br)cc1N. The molecule has 0 heterocycles. The molecule has 94 valence electrons. The van der Waals surface area contributed by atoms with Crippen LogP contribution >= 0.6 is 15.9 Å². The lowest BCUT2D eigenvalue weighted by Crippen LogP contribution is -1.97. The molecule has 0 aliphatic heterocycles. The Labute approximate surface area is 114 Å². The van der Waals surface area contributed by atoms with E-state index in [-0.39, 0.29) is 5.82 Å². The molecular weight excluding hydrogens is 295 g/mol. The third-order valence-electron chi connectivity index (χ3n) is 2.81. The van der Waals surface area contributed by atoms with Gasteiger partial charge in [-0.1, -0.05) is 0 Å². The molecule has 2 aromatic carbocycles. The molecule has 0 aliphatic carbocycles. The average Bonchev–Trinajstić information content (AvgIpc) is 2.29. The Morgan fingerprint density at radius 1 is 1.06 bits per heavy atom. The minimum Gasteiger partial charge on any atom is -0.398 e. The summed E-state index contributed by atoms with van der Waals surface area (Å²) in [5.41, 5.74) is 10.2. The fourth-order valence-electron chi connectivity index (χ4n) is 1.71. The first-order valence-corrected chi connectivity index (χ1v) is 6.35. The van der Waals surface area contributed by atoms with Crippen molar-refractivity contribution in [2.24, 2.45) is 0 Å². The Balaban J connectivity index is 2.37. The second-order valence-corrected chi connectivity index (χ2v) is 5.13. The highest BCUT2D eigenvalue weighted by atomic mass is 79.9. The maximum atomic E-state index is 13.0. The van der Waals surface area contributed by atoms with Crippen LogP contribution in [-0.2, 0) is 0 Å². The molecule has 0 aromatic heterocycles. The molecule has 18 heavy (non-hydrogen) atoms. The van der Waals surface area contributed by atoms with Crippen molar-refractivity contribution in [1.29, 1.82) is 0 Å². The van der Waals surface area contributed by atoms with E-state index in [2.05, 4.69) is 21.2 Å². The van der Waals surface area contributed by atoms with E-state index in [0.29, 0.717) is 0 Å². The molecule has 2 rings (SSSR count). The highest BCUT2D eigenvalue weighted by Gasteiger charge is 2.06. The molecule has 0 aliphatic rings. The van der Waals surface area contributed by atoms with E-state index >= 15 is 0 Å². The molecule has 0 spiro atoms. The molecule has 0 radical (unpaired) electrons. The van der Waals surface area contributed by atoms with Gasteiger partial charge in [0.1, 0.15) is 5.82 Å². The normalized spacial score (nSPS) is 10.4. The topological polar surface area (TPSA) is 38.0 Å². The van der Waals surface area contributed by atoms with Crippen molar-refractivity contribution in [3.8, 4) is 0 Å². The van der Waals surface area contributed by atoms with Crippen molar-refractivity contribution >= 4 is 33.0 Å². The Bertz CT molecular complexity index is 597. The summed E-state index contributed by atoms with van der Waals surface area (Å²) in [5.74, 6) is -0.231. The van der Waals surface area contributed by atoms with E-state index in [0.717, 1.165) is 32.7 Å². The van der Waals surface area contributed by atoms with E-state index in [1.165, 1.54) is 12.1 Å². The van der Waals surface area contributed by atoms with Crippen LogP contribution in [0, 0.1) is 19.7 Å².